The number of nitrogens with one attached hydrogen (secondary N) is 1. The van der Waals surface area contributed by atoms with Crippen molar-refractivity contribution in [3.63, 3.8) is 0 Å². The molecule has 3 aromatic rings. The first-order chi connectivity index (χ1) is 14.7. The molecule has 0 spiro atoms. The molecular formula is C20H17N3O6S. The van der Waals surface area contributed by atoms with Crippen LogP contribution in [0.2, 0.25) is 0 Å². The van der Waals surface area contributed by atoms with Crippen LogP contribution < -0.4 is 24.3 Å². The van der Waals surface area contributed by atoms with E-state index in [1.54, 1.807) is 12.1 Å². The summed E-state index contributed by atoms with van der Waals surface area (Å²) in [5.74, 6) is 3.04. The maximum absolute atomic E-state index is 12.2. The van der Waals surface area contributed by atoms with Crippen molar-refractivity contribution < 1.29 is 28.2 Å². The molecule has 0 saturated heterocycles. The van der Waals surface area contributed by atoms with Crippen LogP contribution in [0.3, 0.4) is 0 Å². The second-order valence-electron chi connectivity index (χ2n) is 6.53. The molecule has 1 amide bonds. The monoisotopic (exact) mass is 427 g/mol. The van der Waals surface area contributed by atoms with E-state index in [1.807, 2.05) is 30.3 Å². The fraction of sp³-hybridized carbons (Fsp3) is 0.250. The van der Waals surface area contributed by atoms with Gasteiger partial charge in [-0.05, 0) is 30.3 Å². The van der Waals surface area contributed by atoms with E-state index in [4.69, 9.17) is 23.4 Å². The summed E-state index contributed by atoms with van der Waals surface area (Å²) < 4.78 is 27.7. The molecule has 0 aliphatic carbocycles. The third-order valence-electron chi connectivity index (χ3n) is 4.45. The Morgan fingerprint density at radius 3 is 2.80 bits per heavy atom. The lowest BCUT2D eigenvalue weighted by molar-refractivity contribution is -0.119. The third-order valence-corrected chi connectivity index (χ3v) is 5.27. The lowest BCUT2D eigenvalue weighted by Crippen LogP contribution is -2.41. The topological polar surface area (TPSA) is 105 Å². The van der Waals surface area contributed by atoms with Crippen LogP contribution in [0.15, 0.2) is 52.1 Å². The van der Waals surface area contributed by atoms with E-state index in [9.17, 15) is 4.79 Å². The van der Waals surface area contributed by atoms with Gasteiger partial charge >= 0.3 is 0 Å². The van der Waals surface area contributed by atoms with Crippen LogP contribution in [0.25, 0.3) is 11.5 Å². The van der Waals surface area contributed by atoms with Crippen molar-refractivity contribution in [2.75, 3.05) is 25.7 Å². The molecule has 2 aliphatic heterocycles. The van der Waals surface area contributed by atoms with Gasteiger partial charge in [-0.3, -0.25) is 4.79 Å². The summed E-state index contributed by atoms with van der Waals surface area (Å²) in [5.41, 5.74) is 0.720. The van der Waals surface area contributed by atoms with Crippen LogP contribution in [0, 0.1) is 0 Å². The van der Waals surface area contributed by atoms with Gasteiger partial charge < -0.3 is 28.7 Å². The molecule has 30 heavy (non-hydrogen) atoms. The van der Waals surface area contributed by atoms with Crippen LogP contribution in [0.4, 0.5) is 0 Å². The largest absolute Gasteiger partial charge is 0.486 e. The van der Waals surface area contributed by atoms with Crippen LogP contribution in [0.1, 0.15) is 0 Å². The first kappa shape index (κ1) is 18.6. The van der Waals surface area contributed by atoms with E-state index in [-0.39, 0.29) is 24.6 Å². The van der Waals surface area contributed by atoms with Gasteiger partial charge in [0.15, 0.2) is 23.0 Å². The minimum absolute atomic E-state index is 0.146. The number of ether oxygens (including phenoxy) is 4. The molecule has 0 fully saturated rings. The summed E-state index contributed by atoms with van der Waals surface area (Å²) in [6.07, 6.45) is -0.241. The molecule has 0 radical (unpaired) electrons. The molecule has 1 atom stereocenters. The molecule has 3 heterocycles. The van der Waals surface area contributed by atoms with E-state index in [1.165, 1.54) is 0 Å². The number of hydrogen-bond donors (Lipinski definition) is 1. The SMILES string of the molecule is O=C(CSc1nnc(-c2ccc3c(c2)OCO3)o1)NC[C@@H]1COc2ccccc2O1. The number of carbonyl (C=O) groups excluding carboxylic acids is 1. The van der Waals surface area contributed by atoms with E-state index in [0.29, 0.717) is 47.3 Å². The van der Waals surface area contributed by atoms with Gasteiger partial charge in [0, 0.05) is 5.56 Å². The zero-order valence-electron chi connectivity index (χ0n) is 15.7. The lowest BCUT2D eigenvalue weighted by Gasteiger charge is -2.26. The Morgan fingerprint density at radius 2 is 1.87 bits per heavy atom. The number of para-hydroxylation sites is 2. The summed E-state index contributed by atoms with van der Waals surface area (Å²) in [7, 11) is 0. The highest BCUT2D eigenvalue weighted by Crippen LogP contribution is 2.36. The first-order valence-corrected chi connectivity index (χ1v) is 10.2. The maximum atomic E-state index is 12.2. The molecule has 0 unspecified atom stereocenters. The molecule has 5 rings (SSSR count). The van der Waals surface area contributed by atoms with Crippen molar-refractivity contribution in [3.8, 4) is 34.5 Å². The summed E-state index contributed by atoms with van der Waals surface area (Å²) in [5, 5.41) is 11.2. The van der Waals surface area contributed by atoms with Gasteiger partial charge in [0.1, 0.15) is 12.7 Å². The highest BCUT2D eigenvalue weighted by atomic mass is 32.2. The summed E-state index contributed by atoms with van der Waals surface area (Å²) in [6.45, 7) is 0.927. The summed E-state index contributed by atoms with van der Waals surface area (Å²) >= 11 is 1.16. The van der Waals surface area contributed by atoms with Crippen molar-refractivity contribution >= 4 is 17.7 Å². The zero-order chi connectivity index (χ0) is 20.3. The van der Waals surface area contributed by atoms with Gasteiger partial charge in [-0.25, -0.2) is 0 Å². The molecule has 0 bridgehead atoms. The quantitative estimate of drug-likeness (QED) is 0.594. The van der Waals surface area contributed by atoms with Crippen LogP contribution in [-0.4, -0.2) is 47.9 Å². The average Bonchev–Trinajstić information content (AvgIpc) is 3.45. The molecule has 1 aromatic heterocycles. The lowest BCUT2D eigenvalue weighted by atomic mass is 10.2. The number of fused-ring (bicyclic) bond motifs is 2. The molecular weight excluding hydrogens is 410 g/mol. The number of benzene rings is 2. The highest BCUT2D eigenvalue weighted by molar-refractivity contribution is 7.99. The van der Waals surface area contributed by atoms with Crippen molar-refractivity contribution in [2.24, 2.45) is 0 Å². The first-order valence-electron chi connectivity index (χ1n) is 9.26. The van der Waals surface area contributed by atoms with E-state index in [0.717, 1.165) is 17.3 Å². The van der Waals surface area contributed by atoms with E-state index < -0.39 is 0 Å². The van der Waals surface area contributed by atoms with E-state index >= 15 is 0 Å². The molecule has 154 valence electrons. The Labute approximate surface area is 175 Å². The number of aromatic nitrogens is 2. The number of carbonyl (C=O) groups is 1. The van der Waals surface area contributed by atoms with Crippen molar-refractivity contribution in [2.45, 2.75) is 11.3 Å². The molecule has 1 N–H and O–H groups in total. The minimum Gasteiger partial charge on any atom is -0.486 e. The predicted octanol–water partition coefficient (Wildman–Crippen LogP) is 2.51. The third kappa shape index (κ3) is 3.99. The molecule has 9 nitrogen and oxygen atoms in total. The summed E-state index contributed by atoms with van der Waals surface area (Å²) in [6, 6.07) is 12.8. The standard InChI is InChI=1S/C20H17N3O6S/c24-18(21-8-13-9-25-14-3-1-2-4-16(14)28-13)10-30-20-23-22-19(29-20)12-5-6-15-17(7-12)27-11-26-15/h1-7,13H,8-11H2,(H,21,24)/t13-/m1/s1. The number of amides is 1. The number of nitrogens with zero attached hydrogens (tertiary/aromatic N) is 2. The van der Waals surface area contributed by atoms with Gasteiger partial charge in [0.25, 0.3) is 5.22 Å². The van der Waals surface area contributed by atoms with Gasteiger partial charge in [0.05, 0.1) is 12.3 Å². The van der Waals surface area contributed by atoms with Crippen molar-refractivity contribution in [3.05, 3.63) is 42.5 Å². The molecule has 2 aromatic carbocycles. The maximum Gasteiger partial charge on any atom is 0.277 e. The van der Waals surface area contributed by atoms with Crippen LogP contribution >= 0.6 is 11.8 Å². The highest BCUT2D eigenvalue weighted by Gasteiger charge is 2.21. The fourth-order valence-electron chi connectivity index (χ4n) is 2.98. The van der Waals surface area contributed by atoms with Gasteiger partial charge in [-0.15, -0.1) is 10.2 Å². The number of hydrogen-bond acceptors (Lipinski definition) is 9. The Kier molecular flexibility index (Phi) is 5.06. The summed E-state index contributed by atoms with van der Waals surface area (Å²) in [4.78, 5) is 12.2. The molecule has 0 saturated carbocycles. The Morgan fingerprint density at radius 1 is 1.03 bits per heavy atom. The predicted molar refractivity (Wildman–Crippen MR) is 106 cm³/mol. The Bertz CT molecular complexity index is 1070. The number of rotatable bonds is 6. The smallest absolute Gasteiger partial charge is 0.277 e. The Balaban J connectivity index is 1.11. The normalized spacial score (nSPS) is 16.3. The van der Waals surface area contributed by atoms with Crippen LogP contribution in [0.5, 0.6) is 23.0 Å². The van der Waals surface area contributed by atoms with Gasteiger partial charge in [-0.1, -0.05) is 23.9 Å². The fourth-order valence-corrected chi connectivity index (χ4v) is 3.58. The average molecular weight is 427 g/mol. The number of thioether (sulfide) groups is 1. The van der Waals surface area contributed by atoms with E-state index in [2.05, 4.69) is 15.5 Å². The zero-order valence-corrected chi connectivity index (χ0v) is 16.5. The van der Waals surface area contributed by atoms with Crippen molar-refractivity contribution in [1.82, 2.24) is 15.5 Å². The Hall–Kier alpha value is -3.40. The van der Waals surface area contributed by atoms with Crippen molar-refractivity contribution in [1.29, 1.82) is 0 Å². The minimum atomic E-state index is -0.241. The molecule has 2 aliphatic rings. The second-order valence-corrected chi connectivity index (χ2v) is 7.46. The van der Waals surface area contributed by atoms with Gasteiger partial charge in [0.2, 0.25) is 18.6 Å². The van der Waals surface area contributed by atoms with Crippen LogP contribution in [-0.2, 0) is 4.79 Å². The second kappa shape index (κ2) is 8.15. The molecule has 10 heteroatoms. The van der Waals surface area contributed by atoms with Gasteiger partial charge in [-0.2, -0.15) is 0 Å².